The van der Waals surface area contributed by atoms with E-state index >= 15 is 0 Å². The summed E-state index contributed by atoms with van der Waals surface area (Å²) in [7, 11) is 0. The number of nitrogens with two attached hydrogens (primary N) is 1. The van der Waals surface area contributed by atoms with Crippen LogP contribution in [-0.4, -0.2) is 117 Å². The molecule has 12 N–H and O–H groups in total. The zero-order valence-electron chi connectivity index (χ0n) is 30.6. The Labute approximate surface area is 312 Å². The fourth-order valence-corrected chi connectivity index (χ4v) is 5.59. The van der Waals surface area contributed by atoms with Gasteiger partial charge >= 0.3 is 5.97 Å². The van der Waals surface area contributed by atoms with Crippen LogP contribution in [0.4, 0.5) is 0 Å². The average Bonchev–Trinajstić information content (AvgIpc) is 3.87. The van der Waals surface area contributed by atoms with Crippen LogP contribution in [0.3, 0.4) is 0 Å². The van der Waals surface area contributed by atoms with E-state index in [9.17, 15) is 43.8 Å². The molecule has 0 radical (unpaired) electrons. The predicted octanol–water partition coefficient (Wildman–Crippen LogP) is -2.17. The number of carboxylic acid groups (broad SMARTS) is 1. The van der Waals surface area contributed by atoms with E-state index < -0.39 is 77.8 Å². The number of aromatic nitrogens is 2. The van der Waals surface area contributed by atoms with Gasteiger partial charge in [0.25, 0.3) is 0 Å². The molecular formula is C35H52N10O9. The summed E-state index contributed by atoms with van der Waals surface area (Å²) in [5.41, 5.74) is 6.68. The van der Waals surface area contributed by atoms with E-state index in [2.05, 4.69) is 47.2 Å². The highest BCUT2D eigenvalue weighted by Crippen LogP contribution is 2.13. The average molecular weight is 757 g/mol. The van der Waals surface area contributed by atoms with Gasteiger partial charge < -0.3 is 58.1 Å². The third-order valence-electron chi connectivity index (χ3n) is 8.82. The second-order valence-electron chi connectivity index (χ2n) is 13.3. The Morgan fingerprint density at radius 2 is 1.35 bits per heavy atom. The van der Waals surface area contributed by atoms with Gasteiger partial charge in [0.1, 0.15) is 42.0 Å². The van der Waals surface area contributed by atoms with E-state index in [4.69, 9.17) is 5.73 Å². The van der Waals surface area contributed by atoms with E-state index in [1.54, 1.807) is 12.1 Å². The fraction of sp³-hybridized carbons (Fsp3) is 0.543. The largest absolute Gasteiger partial charge is 0.508 e. The van der Waals surface area contributed by atoms with Gasteiger partial charge in [0, 0.05) is 24.7 Å². The predicted molar refractivity (Wildman–Crippen MR) is 194 cm³/mol. The van der Waals surface area contributed by atoms with E-state index in [1.807, 2.05) is 0 Å². The van der Waals surface area contributed by atoms with Gasteiger partial charge in [0.05, 0.1) is 12.4 Å². The Balaban J connectivity index is 1.70. The molecule has 7 atom stereocenters. The molecule has 3 rings (SSSR count). The van der Waals surface area contributed by atoms with Gasteiger partial charge in [-0.05, 0) is 83.7 Å². The first-order valence-electron chi connectivity index (χ1n) is 17.9. The highest BCUT2D eigenvalue weighted by atomic mass is 16.4. The first-order valence-corrected chi connectivity index (χ1v) is 17.9. The number of unbranched alkanes of at least 4 members (excludes halogenated alkanes) is 1. The number of phenolic OH excluding ortho intramolecular Hbond substituents is 1. The van der Waals surface area contributed by atoms with Crippen molar-refractivity contribution in [2.45, 2.75) is 108 Å². The Hall–Kier alpha value is -5.56. The first kappa shape index (κ1) is 42.8. The van der Waals surface area contributed by atoms with Gasteiger partial charge in [0.2, 0.25) is 35.4 Å². The number of carboxylic acids is 1. The van der Waals surface area contributed by atoms with Crippen LogP contribution >= 0.6 is 0 Å². The van der Waals surface area contributed by atoms with Crippen molar-refractivity contribution < 1.29 is 43.8 Å². The Kier molecular flexibility index (Phi) is 16.8. The van der Waals surface area contributed by atoms with Crippen molar-refractivity contribution >= 4 is 41.4 Å². The standard InChI is InChI=1S/C35H52N10O9/c1-19(41-32(50)25-8-6-14-38-25)29(47)40-20(2)30(48)44-27(15-22-9-11-24(46)12-10-22)34(52)43-26(7-4-5-13-36)33(51)42-21(3)31(49)45-28(35(53)54)16-23-17-37-18-39-23/h9-12,17-21,25-28,38,46H,4-8,13-16,36H2,1-3H3,(H,37,39)(H,40,47)(H,41,50)(H,42,51)(H,43,52)(H,44,48)(H,45,49)(H,53,54)/t19-,20-,21-,25-,26-,27-,28-/m0/s1. The summed E-state index contributed by atoms with van der Waals surface area (Å²) in [6.07, 6.45) is 5.19. The normalized spacial score (nSPS) is 17.1. The minimum absolute atomic E-state index is 0.0178. The first-order chi connectivity index (χ1) is 25.7. The summed E-state index contributed by atoms with van der Waals surface area (Å²) in [6.45, 7) is 5.28. The number of phenols is 1. The van der Waals surface area contributed by atoms with Crippen LogP contribution in [0, 0.1) is 0 Å². The highest BCUT2D eigenvalue weighted by molar-refractivity contribution is 5.97. The molecule has 1 aliphatic rings. The van der Waals surface area contributed by atoms with Crippen LogP contribution in [0.15, 0.2) is 36.8 Å². The van der Waals surface area contributed by atoms with Crippen molar-refractivity contribution in [3.8, 4) is 5.75 Å². The highest BCUT2D eigenvalue weighted by Gasteiger charge is 2.32. The van der Waals surface area contributed by atoms with Crippen molar-refractivity contribution in [1.82, 2.24) is 47.2 Å². The fourth-order valence-electron chi connectivity index (χ4n) is 5.59. The summed E-state index contributed by atoms with van der Waals surface area (Å²) in [5, 5.41) is 37.8. The molecule has 0 saturated carbocycles. The van der Waals surface area contributed by atoms with Crippen molar-refractivity contribution in [3.05, 3.63) is 48.0 Å². The molecule has 54 heavy (non-hydrogen) atoms. The van der Waals surface area contributed by atoms with Crippen LogP contribution in [0.1, 0.15) is 64.1 Å². The third-order valence-corrected chi connectivity index (χ3v) is 8.82. The van der Waals surface area contributed by atoms with Crippen LogP contribution < -0.4 is 43.0 Å². The number of nitrogens with zero attached hydrogens (tertiary/aromatic N) is 1. The molecular weight excluding hydrogens is 704 g/mol. The molecule has 0 bridgehead atoms. The number of carbonyl (C=O) groups is 7. The zero-order chi connectivity index (χ0) is 39.8. The minimum atomic E-state index is -1.31. The lowest BCUT2D eigenvalue weighted by Crippen LogP contribution is -2.59. The quantitative estimate of drug-likeness (QED) is 0.0607. The number of rotatable bonds is 21. The molecule has 0 spiro atoms. The molecule has 1 fully saturated rings. The van der Waals surface area contributed by atoms with Gasteiger partial charge in [-0.2, -0.15) is 0 Å². The molecule has 0 unspecified atom stereocenters. The maximum Gasteiger partial charge on any atom is 0.326 e. The lowest BCUT2D eigenvalue weighted by Gasteiger charge is -2.26. The molecule has 2 aromatic rings. The van der Waals surface area contributed by atoms with Gasteiger partial charge in [0.15, 0.2) is 0 Å². The monoisotopic (exact) mass is 756 g/mol. The van der Waals surface area contributed by atoms with Crippen LogP contribution in [0.5, 0.6) is 5.75 Å². The van der Waals surface area contributed by atoms with Gasteiger partial charge in [-0.15, -0.1) is 0 Å². The van der Waals surface area contributed by atoms with Crippen molar-refractivity contribution in [1.29, 1.82) is 0 Å². The lowest BCUT2D eigenvalue weighted by atomic mass is 10.0. The number of benzene rings is 1. The molecule has 1 aromatic heterocycles. The zero-order valence-corrected chi connectivity index (χ0v) is 30.6. The van der Waals surface area contributed by atoms with Crippen LogP contribution in [-0.2, 0) is 46.4 Å². The molecule has 1 saturated heterocycles. The van der Waals surface area contributed by atoms with E-state index in [-0.39, 0.29) is 30.9 Å². The molecule has 1 aromatic carbocycles. The van der Waals surface area contributed by atoms with Crippen LogP contribution in [0.2, 0.25) is 0 Å². The molecule has 0 aliphatic carbocycles. The van der Waals surface area contributed by atoms with Gasteiger partial charge in [-0.25, -0.2) is 9.78 Å². The molecule has 296 valence electrons. The molecule has 6 amide bonds. The number of aromatic hydroxyl groups is 1. The lowest BCUT2D eigenvalue weighted by molar-refractivity contribution is -0.142. The number of H-pyrrole nitrogens is 1. The number of carbonyl (C=O) groups excluding carboxylic acids is 6. The summed E-state index contributed by atoms with van der Waals surface area (Å²) < 4.78 is 0. The Morgan fingerprint density at radius 1 is 0.778 bits per heavy atom. The summed E-state index contributed by atoms with van der Waals surface area (Å²) >= 11 is 0. The SMILES string of the molecule is C[C@H](NC(=O)[C@H](C)NC(=O)[C@@H]1CCCN1)C(=O)N[C@@H](Cc1ccc(O)cc1)C(=O)N[C@@H](CCCCN)C(=O)N[C@@H](C)C(=O)N[C@@H](Cc1cnc[nH]1)C(=O)O. The molecule has 19 heteroatoms. The van der Waals surface area contributed by atoms with E-state index in [0.717, 1.165) is 6.42 Å². The number of nitrogens with one attached hydrogen (secondary N) is 8. The Morgan fingerprint density at radius 3 is 1.93 bits per heavy atom. The Bertz CT molecular complexity index is 1580. The number of hydrogen-bond donors (Lipinski definition) is 11. The van der Waals surface area contributed by atoms with Crippen molar-refractivity contribution in [2.24, 2.45) is 5.73 Å². The number of aliphatic carboxylic acids is 1. The number of hydrogen-bond acceptors (Lipinski definition) is 11. The summed E-state index contributed by atoms with van der Waals surface area (Å²) in [6, 6.07) is -1.53. The van der Waals surface area contributed by atoms with Gasteiger partial charge in [-0.3, -0.25) is 28.8 Å². The van der Waals surface area contributed by atoms with Crippen LogP contribution in [0.25, 0.3) is 0 Å². The van der Waals surface area contributed by atoms with Crippen molar-refractivity contribution in [2.75, 3.05) is 13.1 Å². The molecule has 2 heterocycles. The molecule has 19 nitrogen and oxygen atoms in total. The maximum atomic E-state index is 13.8. The number of imidazole rings is 1. The van der Waals surface area contributed by atoms with E-state index in [1.165, 1.54) is 45.4 Å². The second-order valence-corrected chi connectivity index (χ2v) is 13.3. The van der Waals surface area contributed by atoms with Gasteiger partial charge in [-0.1, -0.05) is 12.1 Å². The smallest absolute Gasteiger partial charge is 0.326 e. The third kappa shape index (κ3) is 13.8. The topological polar surface area (TPSA) is 299 Å². The number of amides is 6. The summed E-state index contributed by atoms with van der Waals surface area (Å²) in [4.78, 5) is 97.3. The minimum Gasteiger partial charge on any atom is -0.508 e. The second kappa shape index (κ2) is 21.2. The van der Waals surface area contributed by atoms with E-state index in [0.29, 0.717) is 43.6 Å². The summed E-state index contributed by atoms with van der Waals surface area (Å²) in [5.74, 6) is -5.25. The molecule has 1 aliphatic heterocycles. The maximum absolute atomic E-state index is 13.8. The number of aromatic amines is 1. The van der Waals surface area contributed by atoms with Crippen molar-refractivity contribution in [3.63, 3.8) is 0 Å².